The Labute approximate surface area is 124 Å². The van der Waals surface area contributed by atoms with Gasteiger partial charge in [-0.2, -0.15) is 0 Å². The fourth-order valence-electron chi connectivity index (χ4n) is 1.57. The van der Waals surface area contributed by atoms with E-state index < -0.39 is 11.7 Å². The molecule has 20 heavy (non-hydrogen) atoms. The second kappa shape index (κ2) is 6.07. The Kier molecular flexibility index (Phi) is 4.42. The summed E-state index contributed by atoms with van der Waals surface area (Å²) in [6.07, 6.45) is 1.36. The van der Waals surface area contributed by atoms with E-state index in [1.807, 2.05) is 0 Å². The lowest BCUT2D eigenvalue weighted by atomic mass is 10.2. The highest BCUT2D eigenvalue weighted by Gasteiger charge is 2.13. The molecule has 0 bridgehead atoms. The van der Waals surface area contributed by atoms with Crippen molar-refractivity contribution in [3.63, 3.8) is 0 Å². The minimum Gasteiger partial charge on any atom is -0.373 e. The van der Waals surface area contributed by atoms with Gasteiger partial charge in [0.05, 0.1) is 10.6 Å². The first kappa shape index (κ1) is 14.6. The number of nitrogens with zero attached hydrogens (tertiary/aromatic N) is 1. The van der Waals surface area contributed by atoms with Crippen LogP contribution in [0, 0.1) is 5.82 Å². The number of aromatic nitrogens is 1. The van der Waals surface area contributed by atoms with E-state index in [4.69, 9.17) is 23.2 Å². The van der Waals surface area contributed by atoms with E-state index in [9.17, 15) is 9.18 Å². The normalized spacial score (nSPS) is 10.2. The van der Waals surface area contributed by atoms with E-state index in [1.54, 1.807) is 7.05 Å². The Morgan fingerprint density at radius 2 is 2.00 bits per heavy atom. The monoisotopic (exact) mass is 313 g/mol. The Hall–Kier alpha value is -1.85. The summed E-state index contributed by atoms with van der Waals surface area (Å²) in [6.45, 7) is 0. The average Bonchev–Trinajstić information content (AvgIpc) is 2.37. The number of nitrogens with one attached hydrogen (secondary N) is 2. The number of hydrogen-bond donors (Lipinski definition) is 2. The first-order valence-corrected chi connectivity index (χ1v) is 6.36. The first-order valence-electron chi connectivity index (χ1n) is 5.60. The Morgan fingerprint density at radius 1 is 1.25 bits per heavy atom. The van der Waals surface area contributed by atoms with Crippen molar-refractivity contribution in [1.82, 2.24) is 4.98 Å². The van der Waals surface area contributed by atoms with Crippen LogP contribution >= 0.6 is 23.2 Å². The van der Waals surface area contributed by atoms with Gasteiger partial charge in [0.15, 0.2) is 0 Å². The van der Waals surface area contributed by atoms with E-state index in [0.29, 0.717) is 5.82 Å². The molecule has 2 aromatic rings. The van der Waals surface area contributed by atoms with Gasteiger partial charge in [-0.05, 0) is 24.3 Å². The van der Waals surface area contributed by atoms with E-state index in [1.165, 1.54) is 18.3 Å². The molecule has 0 atom stereocenters. The van der Waals surface area contributed by atoms with Crippen LogP contribution in [-0.2, 0) is 0 Å². The van der Waals surface area contributed by atoms with Crippen molar-refractivity contribution in [3.05, 3.63) is 51.9 Å². The standard InChI is InChI=1S/C13H10Cl2FN3O/c1-17-12-5-10(11(15)6-18-12)13(20)19-9-3-7(14)2-8(16)4-9/h2-6H,1H3,(H,17,18)(H,19,20). The van der Waals surface area contributed by atoms with Gasteiger partial charge in [0.25, 0.3) is 5.91 Å². The second-order valence-corrected chi connectivity index (χ2v) is 4.76. The van der Waals surface area contributed by atoms with Crippen LogP contribution in [0.4, 0.5) is 15.9 Å². The third kappa shape index (κ3) is 3.37. The van der Waals surface area contributed by atoms with E-state index in [0.717, 1.165) is 12.1 Å². The van der Waals surface area contributed by atoms with Crippen molar-refractivity contribution >= 4 is 40.6 Å². The van der Waals surface area contributed by atoms with Crippen LogP contribution in [-0.4, -0.2) is 17.9 Å². The zero-order valence-electron chi connectivity index (χ0n) is 10.4. The SMILES string of the molecule is CNc1cc(C(=O)Nc2cc(F)cc(Cl)c2)c(Cl)cn1. The van der Waals surface area contributed by atoms with Crippen molar-refractivity contribution in [2.45, 2.75) is 0 Å². The van der Waals surface area contributed by atoms with E-state index in [2.05, 4.69) is 15.6 Å². The summed E-state index contributed by atoms with van der Waals surface area (Å²) in [6, 6.07) is 5.25. The maximum absolute atomic E-state index is 13.2. The molecule has 1 amide bonds. The number of carbonyl (C=O) groups excluding carboxylic acids is 1. The molecule has 2 N–H and O–H groups in total. The molecule has 0 unspecified atom stereocenters. The topological polar surface area (TPSA) is 54.0 Å². The average molecular weight is 314 g/mol. The summed E-state index contributed by atoms with van der Waals surface area (Å²) in [5, 5.41) is 5.72. The minimum absolute atomic E-state index is 0.192. The smallest absolute Gasteiger partial charge is 0.257 e. The molecule has 0 aliphatic heterocycles. The molecule has 0 fully saturated rings. The molecule has 2 rings (SSSR count). The number of amides is 1. The molecule has 7 heteroatoms. The predicted molar refractivity (Wildman–Crippen MR) is 78.2 cm³/mol. The van der Waals surface area contributed by atoms with Crippen LogP contribution in [0.2, 0.25) is 10.0 Å². The minimum atomic E-state index is -0.537. The van der Waals surface area contributed by atoms with Gasteiger partial charge < -0.3 is 10.6 Å². The molecule has 0 aliphatic carbocycles. The number of carbonyl (C=O) groups is 1. The lowest BCUT2D eigenvalue weighted by Gasteiger charge is -2.08. The first-order chi connectivity index (χ1) is 9.49. The van der Waals surface area contributed by atoms with Crippen LogP contribution in [0.15, 0.2) is 30.5 Å². The van der Waals surface area contributed by atoms with Crippen LogP contribution in [0.1, 0.15) is 10.4 Å². The van der Waals surface area contributed by atoms with Crippen molar-refractivity contribution in [2.24, 2.45) is 0 Å². The molecule has 0 aliphatic rings. The molecule has 1 heterocycles. The Morgan fingerprint density at radius 3 is 2.65 bits per heavy atom. The maximum atomic E-state index is 13.2. The summed E-state index contributed by atoms with van der Waals surface area (Å²) < 4.78 is 13.2. The molecule has 0 saturated carbocycles. The van der Waals surface area contributed by atoms with Gasteiger partial charge in [-0.15, -0.1) is 0 Å². The zero-order valence-corrected chi connectivity index (χ0v) is 11.9. The Bertz CT molecular complexity index is 644. The highest BCUT2D eigenvalue weighted by atomic mass is 35.5. The number of pyridine rings is 1. The predicted octanol–water partition coefficient (Wildman–Crippen LogP) is 3.82. The van der Waals surface area contributed by atoms with E-state index in [-0.39, 0.29) is 21.3 Å². The van der Waals surface area contributed by atoms with Gasteiger partial charge in [0.1, 0.15) is 11.6 Å². The lowest BCUT2D eigenvalue weighted by Crippen LogP contribution is -2.13. The highest BCUT2D eigenvalue weighted by molar-refractivity contribution is 6.34. The molecule has 0 saturated heterocycles. The molecular formula is C13H10Cl2FN3O. The molecular weight excluding hydrogens is 304 g/mol. The highest BCUT2D eigenvalue weighted by Crippen LogP contribution is 2.22. The third-order valence-electron chi connectivity index (χ3n) is 2.48. The molecule has 1 aromatic carbocycles. The summed E-state index contributed by atoms with van der Waals surface area (Å²) >= 11 is 11.6. The summed E-state index contributed by atoms with van der Waals surface area (Å²) in [7, 11) is 1.67. The summed E-state index contributed by atoms with van der Waals surface area (Å²) in [5.41, 5.74) is 0.477. The van der Waals surface area contributed by atoms with Crippen LogP contribution < -0.4 is 10.6 Å². The molecule has 4 nitrogen and oxygen atoms in total. The molecule has 0 spiro atoms. The van der Waals surface area contributed by atoms with Crippen molar-refractivity contribution in [2.75, 3.05) is 17.7 Å². The van der Waals surface area contributed by atoms with Crippen molar-refractivity contribution < 1.29 is 9.18 Å². The van der Waals surface area contributed by atoms with Crippen LogP contribution in [0.25, 0.3) is 0 Å². The van der Waals surface area contributed by atoms with Gasteiger partial charge in [-0.25, -0.2) is 9.37 Å². The number of anilines is 2. The summed E-state index contributed by atoms with van der Waals surface area (Å²) in [4.78, 5) is 16.1. The maximum Gasteiger partial charge on any atom is 0.257 e. The van der Waals surface area contributed by atoms with E-state index >= 15 is 0 Å². The van der Waals surface area contributed by atoms with Crippen molar-refractivity contribution in [1.29, 1.82) is 0 Å². The van der Waals surface area contributed by atoms with Gasteiger partial charge in [0, 0.05) is 24.0 Å². The number of hydrogen-bond acceptors (Lipinski definition) is 3. The zero-order chi connectivity index (χ0) is 14.7. The second-order valence-electron chi connectivity index (χ2n) is 3.91. The lowest BCUT2D eigenvalue weighted by molar-refractivity contribution is 0.102. The van der Waals surface area contributed by atoms with Crippen molar-refractivity contribution in [3.8, 4) is 0 Å². The summed E-state index contributed by atoms with van der Waals surface area (Å²) in [5.74, 6) is -0.517. The van der Waals surface area contributed by atoms with Crippen LogP contribution in [0.3, 0.4) is 0 Å². The number of benzene rings is 1. The largest absolute Gasteiger partial charge is 0.373 e. The fraction of sp³-hybridized carbons (Fsp3) is 0.0769. The van der Waals surface area contributed by atoms with Gasteiger partial charge in [-0.3, -0.25) is 4.79 Å². The van der Waals surface area contributed by atoms with Crippen LogP contribution in [0.5, 0.6) is 0 Å². The van der Waals surface area contributed by atoms with Gasteiger partial charge in [0.2, 0.25) is 0 Å². The number of halogens is 3. The molecule has 1 aromatic heterocycles. The third-order valence-corrected chi connectivity index (χ3v) is 3.00. The van der Waals surface area contributed by atoms with Gasteiger partial charge >= 0.3 is 0 Å². The molecule has 104 valence electrons. The molecule has 0 radical (unpaired) electrons. The number of rotatable bonds is 3. The quantitative estimate of drug-likeness (QED) is 0.905. The van der Waals surface area contributed by atoms with Gasteiger partial charge in [-0.1, -0.05) is 23.2 Å². The fourth-order valence-corrected chi connectivity index (χ4v) is 1.98. The Balaban J connectivity index is 2.27.